The lowest BCUT2D eigenvalue weighted by molar-refractivity contribution is 0.0917. The van der Waals surface area contributed by atoms with E-state index in [1.165, 1.54) is 12.8 Å². The number of fused-ring (bicyclic) bond motifs is 2. The monoisotopic (exact) mass is 290 g/mol. The van der Waals surface area contributed by atoms with E-state index < -0.39 is 0 Å². The van der Waals surface area contributed by atoms with E-state index in [1.807, 2.05) is 6.07 Å². The van der Waals surface area contributed by atoms with Crippen LogP contribution in [0.25, 0.3) is 0 Å². The highest BCUT2D eigenvalue weighted by Crippen LogP contribution is 2.30. The molecule has 2 N–H and O–H groups in total. The fourth-order valence-corrected chi connectivity index (χ4v) is 3.51. The lowest BCUT2D eigenvalue weighted by atomic mass is 9.99. The predicted octanol–water partition coefficient (Wildman–Crippen LogP) is 1.72. The number of benzene rings is 1. The van der Waals surface area contributed by atoms with Gasteiger partial charge >= 0.3 is 0 Å². The first-order valence-electron chi connectivity index (χ1n) is 7.49. The van der Waals surface area contributed by atoms with E-state index in [1.54, 1.807) is 26.4 Å². The highest BCUT2D eigenvalue weighted by molar-refractivity contribution is 5.99. The Bertz CT molecular complexity index is 498. The Morgan fingerprint density at radius 1 is 1.14 bits per heavy atom. The van der Waals surface area contributed by atoms with Crippen LogP contribution in [-0.2, 0) is 0 Å². The van der Waals surface area contributed by atoms with Crippen LogP contribution in [-0.4, -0.2) is 38.3 Å². The molecule has 2 saturated heterocycles. The number of amides is 1. The van der Waals surface area contributed by atoms with Crippen molar-refractivity contribution in [3.05, 3.63) is 23.8 Å². The minimum absolute atomic E-state index is 0.115. The minimum atomic E-state index is -0.115. The molecule has 2 fully saturated rings. The molecule has 1 amide bonds. The van der Waals surface area contributed by atoms with Gasteiger partial charge in [-0.1, -0.05) is 6.07 Å². The van der Waals surface area contributed by atoms with E-state index >= 15 is 0 Å². The van der Waals surface area contributed by atoms with Crippen molar-refractivity contribution in [2.24, 2.45) is 0 Å². The maximum atomic E-state index is 12.6. The summed E-state index contributed by atoms with van der Waals surface area (Å²) < 4.78 is 10.6. The first-order chi connectivity index (χ1) is 10.2. The average molecular weight is 290 g/mol. The normalized spacial score (nSPS) is 27.2. The molecule has 5 nitrogen and oxygen atoms in total. The zero-order valence-electron chi connectivity index (χ0n) is 12.5. The number of nitrogens with one attached hydrogen (secondary N) is 2. The van der Waals surface area contributed by atoms with E-state index in [4.69, 9.17) is 9.47 Å². The van der Waals surface area contributed by atoms with Crippen LogP contribution in [0.15, 0.2) is 18.2 Å². The third-order valence-electron chi connectivity index (χ3n) is 4.46. The molecule has 2 heterocycles. The van der Waals surface area contributed by atoms with Crippen molar-refractivity contribution in [2.75, 3.05) is 14.2 Å². The van der Waals surface area contributed by atoms with Crippen LogP contribution < -0.4 is 20.1 Å². The van der Waals surface area contributed by atoms with Crippen molar-refractivity contribution in [3.63, 3.8) is 0 Å². The van der Waals surface area contributed by atoms with Gasteiger partial charge in [0.1, 0.15) is 17.1 Å². The molecule has 2 unspecified atom stereocenters. The molecule has 0 aliphatic carbocycles. The Morgan fingerprint density at radius 2 is 1.71 bits per heavy atom. The summed E-state index contributed by atoms with van der Waals surface area (Å²) in [6, 6.07) is 6.71. The molecule has 1 aromatic carbocycles. The van der Waals surface area contributed by atoms with Crippen LogP contribution in [0.4, 0.5) is 0 Å². The molecular weight excluding hydrogens is 268 g/mol. The van der Waals surface area contributed by atoms with Gasteiger partial charge in [0.25, 0.3) is 5.91 Å². The van der Waals surface area contributed by atoms with Crippen LogP contribution in [0.1, 0.15) is 36.0 Å². The lowest BCUT2D eigenvalue weighted by Gasteiger charge is -2.30. The zero-order valence-corrected chi connectivity index (χ0v) is 12.5. The molecule has 0 radical (unpaired) electrons. The summed E-state index contributed by atoms with van der Waals surface area (Å²) in [6.45, 7) is 0. The smallest absolute Gasteiger partial charge is 0.259 e. The van der Waals surface area contributed by atoms with E-state index in [9.17, 15) is 4.79 Å². The van der Waals surface area contributed by atoms with Crippen LogP contribution in [0.3, 0.4) is 0 Å². The summed E-state index contributed by atoms with van der Waals surface area (Å²) in [5, 5.41) is 6.72. The molecule has 114 valence electrons. The highest BCUT2D eigenvalue weighted by atomic mass is 16.5. The van der Waals surface area contributed by atoms with E-state index in [0.717, 1.165) is 12.8 Å². The van der Waals surface area contributed by atoms with Gasteiger partial charge in [0.05, 0.1) is 14.2 Å². The highest BCUT2D eigenvalue weighted by Gasteiger charge is 2.34. The summed E-state index contributed by atoms with van der Waals surface area (Å²) in [5.74, 6) is 0.975. The SMILES string of the molecule is COc1cccc(OC)c1C(=O)NC1CC2CCC(C1)N2. The Labute approximate surface area is 125 Å². The lowest BCUT2D eigenvalue weighted by Crippen LogP contribution is -2.48. The molecule has 21 heavy (non-hydrogen) atoms. The third kappa shape index (κ3) is 2.83. The van der Waals surface area contributed by atoms with Gasteiger partial charge in [-0.2, -0.15) is 0 Å². The van der Waals surface area contributed by atoms with Gasteiger partial charge in [0, 0.05) is 18.1 Å². The average Bonchev–Trinajstić information content (AvgIpc) is 2.85. The van der Waals surface area contributed by atoms with Crippen molar-refractivity contribution < 1.29 is 14.3 Å². The van der Waals surface area contributed by atoms with Crippen LogP contribution in [0, 0.1) is 0 Å². The molecule has 1 aromatic rings. The van der Waals surface area contributed by atoms with E-state index in [0.29, 0.717) is 29.1 Å². The number of hydrogen-bond acceptors (Lipinski definition) is 4. The number of carbonyl (C=O) groups is 1. The standard InChI is InChI=1S/C16H22N2O3/c1-20-13-4-3-5-14(21-2)15(13)16(19)18-12-8-10-6-7-11(9-12)17-10/h3-5,10-12,17H,6-9H2,1-2H3,(H,18,19). The first-order valence-corrected chi connectivity index (χ1v) is 7.49. The van der Waals surface area contributed by atoms with Crippen LogP contribution in [0.5, 0.6) is 11.5 Å². The number of methoxy groups -OCH3 is 2. The molecule has 2 bridgehead atoms. The van der Waals surface area contributed by atoms with Crippen molar-refractivity contribution in [1.29, 1.82) is 0 Å². The second kappa shape index (κ2) is 5.93. The van der Waals surface area contributed by atoms with Crippen molar-refractivity contribution >= 4 is 5.91 Å². The maximum Gasteiger partial charge on any atom is 0.259 e. The van der Waals surface area contributed by atoms with Crippen LogP contribution in [0.2, 0.25) is 0 Å². The van der Waals surface area contributed by atoms with Gasteiger partial charge in [-0.05, 0) is 37.8 Å². The summed E-state index contributed by atoms with van der Waals surface area (Å²) in [4.78, 5) is 12.6. The number of hydrogen-bond donors (Lipinski definition) is 2. The van der Waals surface area contributed by atoms with Gasteiger partial charge in [0.2, 0.25) is 0 Å². The van der Waals surface area contributed by atoms with Gasteiger partial charge in [-0.25, -0.2) is 0 Å². The third-order valence-corrected chi connectivity index (χ3v) is 4.46. The van der Waals surface area contributed by atoms with Gasteiger partial charge in [-0.3, -0.25) is 4.79 Å². The van der Waals surface area contributed by atoms with Gasteiger partial charge < -0.3 is 20.1 Å². The summed E-state index contributed by atoms with van der Waals surface area (Å²) >= 11 is 0. The second-order valence-corrected chi connectivity index (χ2v) is 5.82. The number of ether oxygens (including phenoxy) is 2. The summed E-state index contributed by atoms with van der Waals surface area (Å²) in [6.07, 6.45) is 4.43. The largest absolute Gasteiger partial charge is 0.496 e. The molecule has 3 rings (SSSR count). The van der Waals surface area contributed by atoms with Gasteiger partial charge in [0.15, 0.2) is 0 Å². The molecular formula is C16H22N2O3. The van der Waals surface area contributed by atoms with Crippen molar-refractivity contribution in [2.45, 2.75) is 43.8 Å². The Hall–Kier alpha value is -1.75. The fraction of sp³-hybridized carbons (Fsp3) is 0.562. The van der Waals surface area contributed by atoms with E-state index in [-0.39, 0.29) is 11.9 Å². The minimum Gasteiger partial charge on any atom is -0.496 e. The van der Waals surface area contributed by atoms with E-state index in [2.05, 4.69) is 10.6 Å². The Balaban J connectivity index is 1.76. The maximum absolute atomic E-state index is 12.6. The van der Waals surface area contributed by atoms with Crippen LogP contribution >= 0.6 is 0 Å². The molecule has 0 saturated carbocycles. The number of rotatable bonds is 4. The van der Waals surface area contributed by atoms with Gasteiger partial charge in [-0.15, -0.1) is 0 Å². The van der Waals surface area contributed by atoms with Crippen molar-refractivity contribution in [3.8, 4) is 11.5 Å². The summed E-state index contributed by atoms with van der Waals surface area (Å²) in [7, 11) is 3.13. The molecule has 2 aliphatic heterocycles. The fourth-order valence-electron chi connectivity index (χ4n) is 3.51. The number of carbonyl (C=O) groups excluding carboxylic acids is 1. The molecule has 2 aliphatic rings. The Morgan fingerprint density at radius 3 is 2.24 bits per heavy atom. The first kappa shape index (κ1) is 14.2. The molecule has 0 spiro atoms. The quantitative estimate of drug-likeness (QED) is 0.886. The second-order valence-electron chi connectivity index (χ2n) is 5.82. The topological polar surface area (TPSA) is 59.6 Å². The number of piperidine rings is 1. The zero-order chi connectivity index (χ0) is 14.8. The predicted molar refractivity (Wildman–Crippen MR) is 80.0 cm³/mol. The Kier molecular flexibility index (Phi) is 4.01. The molecule has 2 atom stereocenters. The van der Waals surface area contributed by atoms with Crippen molar-refractivity contribution in [1.82, 2.24) is 10.6 Å². The molecule has 0 aromatic heterocycles. The molecule has 5 heteroatoms. The summed E-state index contributed by atoms with van der Waals surface area (Å²) in [5.41, 5.74) is 0.480.